The van der Waals surface area contributed by atoms with Crippen LogP contribution in [0.25, 0.3) is 33.4 Å². The smallest absolute Gasteiger partial charge is 0.324 e. The monoisotopic (exact) mass is 1030 g/mol. The number of benzene rings is 1. The standard InChI is InChI=1S/C48H67N9O6S.4H2S/c1-11-54(12-2)32-25-55(26-32)47(61)53(9)42(29(4)5)44(58)51-37-23-40-50-38(27-64-40)31-18-19-39-34(22-31)35(43(56(39)13-3)33-16-14-20-49-41(33)30(6)62-10)24-48(7,8)28-63-46(60)36-17-15-21-57(52-36)45(37)59;;;;/h14,16,18-20,22,27,29-30,32,36-37,42,52H,11-13,15,17,21,23-26,28H2,1-10H3,(H,51,58);4*1H2/t30-,36-,37-,42-;;;;/m0..../s1. The molecule has 1 aromatic carbocycles. The van der Waals surface area contributed by atoms with Crippen molar-refractivity contribution in [2.75, 3.05) is 53.5 Å². The second-order valence-corrected chi connectivity index (χ2v) is 19.6. The molecule has 4 atom stereocenters. The lowest BCUT2D eigenvalue weighted by molar-refractivity contribution is -0.155. The van der Waals surface area contributed by atoms with E-state index >= 15 is 0 Å². The van der Waals surface area contributed by atoms with Crippen LogP contribution < -0.4 is 10.7 Å². The first-order valence-electron chi connectivity index (χ1n) is 23.0. The maximum atomic E-state index is 14.6. The molecule has 0 saturated carbocycles. The van der Waals surface area contributed by atoms with E-state index in [-0.39, 0.29) is 91.0 Å². The molecule has 378 valence electrons. The van der Waals surface area contributed by atoms with Gasteiger partial charge in [0.2, 0.25) is 5.91 Å². The summed E-state index contributed by atoms with van der Waals surface area (Å²) in [6.45, 7) is 20.6. The molecule has 20 heteroatoms. The number of nitrogens with one attached hydrogen (secondary N) is 2. The molecule has 6 bridgehead atoms. The van der Waals surface area contributed by atoms with E-state index in [2.05, 4.69) is 79.1 Å². The molecule has 0 aliphatic carbocycles. The number of nitrogens with zero attached hydrogens (tertiary/aromatic N) is 7. The number of aromatic nitrogens is 3. The van der Waals surface area contributed by atoms with Crippen LogP contribution in [0.3, 0.4) is 0 Å². The van der Waals surface area contributed by atoms with Gasteiger partial charge in [0.1, 0.15) is 18.1 Å². The molecular formula is C48H75N9O6S5. The van der Waals surface area contributed by atoms with Gasteiger partial charge < -0.3 is 29.2 Å². The molecule has 2 N–H and O–H groups in total. The fraction of sp³-hybridized carbons (Fsp3) is 0.583. The van der Waals surface area contributed by atoms with Crippen LogP contribution in [0.2, 0.25) is 0 Å². The largest absolute Gasteiger partial charge is 0.464 e. The molecular weight excluding hydrogens is 959 g/mol. The number of hydrogen-bond donors (Lipinski definition) is 2. The van der Waals surface area contributed by atoms with Gasteiger partial charge in [-0.3, -0.25) is 29.3 Å². The van der Waals surface area contributed by atoms with Crippen LogP contribution in [0.15, 0.2) is 41.9 Å². The van der Waals surface area contributed by atoms with Crippen LogP contribution in [0.1, 0.15) is 90.6 Å². The number of urea groups is 1. The van der Waals surface area contributed by atoms with Gasteiger partial charge in [-0.1, -0.05) is 47.6 Å². The molecule has 0 unspecified atom stereocenters. The predicted octanol–water partition coefficient (Wildman–Crippen LogP) is 6.76. The minimum Gasteiger partial charge on any atom is -0.464 e. The summed E-state index contributed by atoms with van der Waals surface area (Å²) in [6.07, 6.45) is 3.31. The number of carbonyl (C=O) groups is 4. The van der Waals surface area contributed by atoms with Crippen LogP contribution in [-0.2, 0) is 43.2 Å². The summed E-state index contributed by atoms with van der Waals surface area (Å²) in [4.78, 5) is 72.2. The number of ether oxygens (including phenoxy) is 2. The molecule has 0 spiro atoms. The third-order valence-electron chi connectivity index (χ3n) is 13.2. The number of hydrazine groups is 1. The maximum absolute atomic E-state index is 14.6. The Balaban J connectivity index is 0.00000306. The number of carbonyl (C=O) groups excluding carboxylic acids is 4. The topological polar surface area (TPSA) is 154 Å². The molecule has 0 radical (unpaired) electrons. The first kappa shape index (κ1) is 58.8. The number of aryl methyl sites for hydroxylation is 1. The van der Waals surface area contributed by atoms with Crippen molar-refractivity contribution in [2.45, 2.75) is 118 Å². The lowest BCUT2D eigenvalue weighted by Crippen LogP contribution is -2.66. The Morgan fingerprint density at radius 2 is 1.76 bits per heavy atom. The van der Waals surface area contributed by atoms with E-state index in [1.165, 1.54) is 21.2 Å². The van der Waals surface area contributed by atoms with Crippen LogP contribution in [0, 0.1) is 11.3 Å². The van der Waals surface area contributed by atoms with E-state index in [4.69, 9.17) is 19.4 Å². The zero-order valence-corrected chi connectivity index (χ0v) is 46.1. The first-order valence-corrected chi connectivity index (χ1v) is 23.9. The third kappa shape index (κ3) is 12.3. The fourth-order valence-corrected chi connectivity index (χ4v) is 10.5. The number of cyclic esters (lactones) is 1. The average Bonchev–Trinajstić information content (AvgIpc) is 3.86. The minimum atomic E-state index is -1.04. The molecule has 15 nitrogen and oxygen atoms in total. The lowest BCUT2D eigenvalue weighted by Gasteiger charge is -2.47. The number of amides is 4. The number of pyridine rings is 1. The van der Waals surface area contributed by atoms with Crippen molar-refractivity contribution in [2.24, 2.45) is 11.3 Å². The van der Waals surface area contributed by atoms with Crippen molar-refractivity contribution in [1.29, 1.82) is 0 Å². The van der Waals surface area contributed by atoms with Crippen molar-refractivity contribution in [3.8, 4) is 22.5 Å². The van der Waals surface area contributed by atoms with Gasteiger partial charge >= 0.3 is 12.0 Å². The number of likely N-dealkylation sites (tertiary alicyclic amines) is 1. The lowest BCUT2D eigenvalue weighted by atomic mass is 9.84. The highest BCUT2D eigenvalue weighted by Crippen LogP contribution is 2.42. The Morgan fingerprint density at radius 1 is 1.06 bits per heavy atom. The van der Waals surface area contributed by atoms with Crippen molar-refractivity contribution in [3.05, 3.63) is 58.2 Å². The zero-order chi connectivity index (χ0) is 46.0. The van der Waals surface area contributed by atoms with Crippen LogP contribution >= 0.6 is 65.3 Å². The highest BCUT2D eigenvalue weighted by molar-refractivity contribution is 7.59. The number of likely N-dealkylation sites (N-methyl/N-ethyl adjacent to an activating group) is 2. The van der Waals surface area contributed by atoms with Gasteiger partial charge in [0.05, 0.1) is 34.8 Å². The number of thiazole rings is 1. The number of fused-ring (bicyclic) bond motifs is 6. The molecule has 2 saturated heterocycles. The summed E-state index contributed by atoms with van der Waals surface area (Å²) in [5, 5.41) is 8.23. The number of hydrogen-bond acceptors (Lipinski definition) is 11. The Hall–Kier alpha value is -3.50. The molecule has 7 rings (SSSR count). The Morgan fingerprint density at radius 3 is 2.41 bits per heavy atom. The molecule has 6 heterocycles. The summed E-state index contributed by atoms with van der Waals surface area (Å²) >= 11 is 1.43. The van der Waals surface area contributed by atoms with Gasteiger partial charge in [0.25, 0.3) is 5.91 Å². The van der Waals surface area contributed by atoms with Crippen LogP contribution in [0.4, 0.5) is 4.79 Å². The van der Waals surface area contributed by atoms with Gasteiger partial charge in [0, 0.05) is 91.8 Å². The van der Waals surface area contributed by atoms with Crippen molar-refractivity contribution < 1.29 is 28.7 Å². The van der Waals surface area contributed by atoms with E-state index in [9.17, 15) is 19.2 Å². The van der Waals surface area contributed by atoms with Gasteiger partial charge in [-0.15, -0.1) is 11.3 Å². The summed E-state index contributed by atoms with van der Waals surface area (Å²) in [6, 6.07) is 7.92. The molecule has 4 aromatic rings. The Labute approximate surface area is 434 Å². The maximum Gasteiger partial charge on any atom is 0.324 e. The van der Waals surface area contributed by atoms with Crippen molar-refractivity contribution >= 4 is 100 Å². The van der Waals surface area contributed by atoms with Crippen molar-refractivity contribution in [3.63, 3.8) is 0 Å². The molecule has 3 aliphatic heterocycles. The van der Waals surface area contributed by atoms with Gasteiger partial charge in [-0.2, -0.15) is 54.0 Å². The SMILES string of the molecule is CCN(CC)C1CN(C(=O)N(C)[C@H](C(=O)N[C@H]2Cc3nc(cs3)-c3ccc4c(c3)c(c(-c3cccnc3[C@H](C)OC)n4CC)CC(C)(C)COC(=O)[C@@H]3CCCN(N3)C2=O)C(C)C)C1.S.S.S.S. The van der Waals surface area contributed by atoms with Crippen LogP contribution in [0.5, 0.6) is 0 Å². The van der Waals surface area contributed by atoms with Gasteiger partial charge in [0.15, 0.2) is 0 Å². The van der Waals surface area contributed by atoms with E-state index < -0.39 is 35.4 Å². The van der Waals surface area contributed by atoms with E-state index in [1.54, 1.807) is 25.3 Å². The van der Waals surface area contributed by atoms with E-state index in [0.29, 0.717) is 56.5 Å². The van der Waals surface area contributed by atoms with E-state index in [1.807, 2.05) is 32.2 Å². The second kappa shape index (κ2) is 25.1. The quantitative estimate of drug-likeness (QED) is 0.154. The molecule has 3 aliphatic rings. The highest BCUT2D eigenvalue weighted by Gasteiger charge is 2.41. The number of rotatable bonds is 11. The average molecular weight is 1030 g/mol. The number of esters is 1. The fourth-order valence-electron chi connectivity index (χ4n) is 9.67. The van der Waals surface area contributed by atoms with Crippen molar-refractivity contribution in [1.82, 2.24) is 45.0 Å². The minimum absolute atomic E-state index is 0. The normalized spacial score (nSPS) is 19.3. The van der Waals surface area contributed by atoms with Gasteiger partial charge in [-0.25, -0.2) is 15.2 Å². The third-order valence-corrected chi connectivity index (χ3v) is 14.1. The molecule has 2 fully saturated rings. The summed E-state index contributed by atoms with van der Waals surface area (Å²) < 4.78 is 14.3. The molecule has 68 heavy (non-hydrogen) atoms. The molecule has 3 aromatic heterocycles. The highest BCUT2D eigenvalue weighted by atomic mass is 32.1. The summed E-state index contributed by atoms with van der Waals surface area (Å²) in [7, 11) is 3.35. The summed E-state index contributed by atoms with van der Waals surface area (Å²) in [5.41, 5.74) is 9.41. The Bertz CT molecular complexity index is 2350. The first-order chi connectivity index (χ1) is 30.6. The molecule has 4 amide bonds. The Kier molecular flexibility index (Phi) is 21.7. The van der Waals surface area contributed by atoms with E-state index in [0.717, 1.165) is 57.8 Å². The van der Waals surface area contributed by atoms with Crippen LogP contribution in [-0.4, -0.2) is 136 Å². The zero-order valence-electron chi connectivity index (χ0n) is 41.3. The summed E-state index contributed by atoms with van der Waals surface area (Å²) in [5.74, 6) is -1.50. The van der Waals surface area contributed by atoms with Gasteiger partial charge in [-0.05, 0) is 81.9 Å². The second-order valence-electron chi connectivity index (χ2n) is 18.6. The number of methoxy groups -OCH3 is 1. The predicted molar refractivity (Wildman–Crippen MR) is 291 cm³/mol.